The standard InChI is InChI=1S/C23H24N4O3S/c1-2-30-17-12-10-16(11-13-17)24-21(28)14-20-22(29)25-23(31-20)27-26-19-9-5-7-15-6-3-4-8-18(15)19/h3-4,6,8,10-13,20H,2,5,7,9,14H2,1H3,(H,24,28)(H,25,27,29)/b26-19-/t20-/m0/s1. The predicted octanol–water partition coefficient (Wildman–Crippen LogP) is 3.74. The molecule has 0 saturated carbocycles. The van der Waals surface area contributed by atoms with Gasteiger partial charge in [-0.3, -0.25) is 9.59 Å². The van der Waals surface area contributed by atoms with E-state index >= 15 is 0 Å². The van der Waals surface area contributed by atoms with E-state index in [1.165, 1.54) is 17.3 Å². The molecule has 0 bridgehead atoms. The zero-order chi connectivity index (χ0) is 21.6. The molecule has 1 aliphatic carbocycles. The summed E-state index contributed by atoms with van der Waals surface area (Å²) in [5.41, 5.74) is 3.99. The van der Waals surface area contributed by atoms with Gasteiger partial charge in [0, 0.05) is 17.7 Å². The summed E-state index contributed by atoms with van der Waals surface area (Å²) in [4.78, 5) is 24.7. The summed E-state index contributed by atoms with van der Waals surface area (Å²) in [6.45, 7) is 2.50. The zero-order valence-electron chi connectivity index (χ0n) is 17.3. The Hall–Kier alpha value is -3.13. The molecule has 0 aromatic heterocycles. The van der Waals surface area contributed by atoms with Crippen LogP contribution >= 0.6 is 11.8 Å². The summed E-state index contributed by atoms with van der Waals surface area (Å²) in [5.74, 6) is 0.287. The maximum absolute atomic E-state index is 12.4. The molecule has 1 fully saturated rings. The monoisotopic (exact) mass is 436 g/mol. The fourth-order valence-corrected chi connectivity index (χ4v) is 4.50. The third-order valence-electron chi connectivity index (χ3n) is 5.05. The number of rotatable bonds is 6. The average molecular weight is 437 g/mol. The maximum Gasteiger partial charge on any atom is 0.240 e. The molecule has 1 saturated heterocycles. The minimum atomic E-state index is -0.528. The molecule has 160 valence electrons. The molecule has 7 nitrogen and oxygen atoms in total. The van der Waals surface area contributed by atoms with Crippen LogP contribution in [0, 0.1) is 0 Å². The van der Waals surface area contributed by atoms with Gasteiger partial charge in [0.1, 0.15) is 11.0 Å². The quantitative estimate of drug-likeness (QED) is 0.675. The van der Waals surface area contributed by atoms with Crippen LogP contribution in [0.2, 0.25) is 0 Å². The minimum Gasteiger partial charge on any atom is -0.494 e. The van der Waals surface area contributed by atoms with Crippen LogP contribution in [-0.4, -0.2) is 34.6 Å². The minimum absolute atomic E-state index is 0.0577. The number of amidine groups is 1. The first-order valence-electron chi connectivity index (χ1n) is 10.4. The molecular formula is C23H24N4O3S. The third kappa shape index (κ3) is 5.32. The average Bonchev–Trinajstić information content (AvgIpc) is 3.12. The first-order chi connectivity index (χ1) is 15.1. The summed E-state index contributed by atoms with van der Waals surface area (Å²) in [6, 6.07) is 15.3. The number of nitrogens with zero attached hydrogens (tertiary/aromatic N) is 2. The van der Waals surface area contributed by atoms with Crippen molar-refractivity contribution in [1.29, 1.82) is 0 Å². The van der Waals surface area contributed by atoms with E-state index in [2.05, 4.69) is 33.0 Å². The highest BCUT2D eigenvalue weighted by molar-refractivity contribution is 8.15. The van der Waals surface area contributed by atoms with E-state index in [9.17, 15) is 9.59 Å². The number of amides is 2. The van der Waals surface area contributed by atoms with Crippen molar-refractivity contribution >= 4 is 40.1 Å². The van der Waals surface area contributed by atoms with Crippen LogP contribution in [0.3, 0.4) is 0 Å². The first kappa shape index (κ1) is 21.1. The molecule has 1 heterocycles. The van der Waals surface area contributed by atoms with Crippen molar-refractivity contribution in [2.75, 3.05) is 11.9 Å². The van der Waals surface area contributed by atoms with Crippen LogP contribution in [0.4, 0.5) is 5.69 Å². The van der Waals surface area contributed by atoms with Crippen LogP contribution < -0.4 is 15.4 Å². The Balaban J connectivity index is 1.35. The Labute approximate surface area is 185 Å². The number of benzene rings is 2. The summed E-state index contributed by atoms with van der Waals surface area (Å²) in [6.07, 6.45) is 3.00. The van der Waals surface area contributed by atoms with E-state index in [1.807, 2.05) is 19.1 Å². The number of hydrogen-bond donors (Lipinski definition) is 2. The lowest BCUT2D eigenvalue weighted by Crippen LogP contribution is -2.28. The van der Waals surface area contributed by atoms with Crippen molar-refractivity contribution in [2.45, 2.75) is 37.9 Å². The van der Waals surface area contributed by atoms with Gasteiger partial charge in [-0.1, -0.05) is 36.0 Å². The molecule has 2 amide bonds. The number of aryl methyl sites for hydroxylation is 1. The maximum atomic E-state index is 12.4. The zero-order valence-corrected chi connectivity index (χ0v) is 18.1. The normalized spacial score (nSPS) is 20.4. The highest BCUT2D eigenvalue weighted by Crippen LogP contribution is 2.25. The molecule has 1 atom stereocenters. The van der Waals surface area contributed by atoms with E-state index in [-0.39, 0.29) is 18.2 Å². The smallest absolute Gasteiger partial charge is 0.240 e. The molecule has 31 heavy (non-hydrogen) atoms. The summed E-state index contributed by atoms with van der Waals surface area (Å²) in [7, 11) is 0. The van der Waals surface area contributed by atoms with Gasteiger partial charge in [-0.15, -0.1) is 5.10 Å². The lowest BCUT2D eigenvalue weighted by atomic mass is 9.90. The Kier molecular flexibility index (Phi) is 6.66. The molecule has 8 heteroatoms. The number of carbonyl (C=O) groups is 2. The van der Waals surface area contributed by atoms with Gasteiger partial charge in [-0.25, -0.2) is 0 Å². The van der Waals surface area contributed by atoms with Crippen molar-refractivity contribution in [3.63, 3.8) is 0 Å². The number of fused-ring (bicyclic) bond motifs is 1. The molecule has 4 rings (SSSR count). The van der Waals surface area contributed by atoms with Crippen molar-refractivity contribution < 1.29 is 14.3 Å². The second-order valence-corrected chi connectivity index (χ2v) is 8.46. The Morgan fingerprint density at radius 2 is 1.97 bits per heavy atom. The van der Waals surface area contributed by atoms with Gasteiger partial charge in [0.15, 0.2) is 5.17 Å². The SMILES string of the molecule is CCOc1ccc(NC(=O)C[C@@H]2S/C(=N/N=C3/CCCc4ccccc43)NC2=O)cc1. The van der Waals surface area contributed by atoms with Crippen molar-refractivity contribution in [3.8, 4) is 5.75 Å². The van der Waals surface area contributed by atoms with Gasteiger partial charge >= 0.3 is 0 Å². The largest absolute Gasteiger partial charge is 0.494 e. The third-order valence-corrected chi connectivity index (χ3v) is 6.12. The van der Waals surface area contributed by atoms with Crippen LogP contribution in [-0.2, 0) is 16.0 Å². The van der Waals surface area contributed by atoms with Crippen molar-refractivity contribution in [1.82, 2.24) is 5.32 Å². The number of nitrogens with one attached hydrogen (secondary N) is 2. The van der Waals surface area contributed by atoms with E-state index < -0.39 is 5.25 Å². The van der Waals surface area contributed by atoms with Gasteiger partial charge in [-0.2, -0.15) is 5.10 Å². The van der Waals surface area contributed by atoms with Crippen LogP contribution in [0.1, 0.15) is 37.3 Å². The molecule has 0 radical (unpaired) electrons. The van der Waals surface area contributed by atoms with Gasteiger partial charge in [0.25, 0.3) is 0 Å². The fraction of sp³-hybridized carbons (Fsp3) is 0.304. The molecule has 0 unspecified atom stereocenters. The highest BCUT2D eigenvalue weighted by Gasteiger charge is 2.32. The molecule has 1 aliphatic heterocycles. The molecule has 2 aromatic carbocycles. The molecule has 0 spiro atoms. The second-order valence-electron chi connectivity index (χ2n) is 7.27. The lowest BCUT2D eigenvalue weighted by Gasteiger charge is -2.16. The van der Waals surface area contributed by atoms with E-state index in [1.54, 1.807) is 24.3 Å². The number of hydrogen-bond acceptors (Lipinski definition) is 6. The predicted molar refractivity (Wildman–Crippen MR) is 124 cm³/mol. The number of anilines is 1. The molecular weight excluding hydrogens is 412 g/mol. The number of thioether (sulfide) groups is 1. The summed E-state index contributed by atoms with van der Waals surface area (Å²) >= 11 is 1.24. The van der Waals surface area contributed by atoms with Gasteiger partial charge in [-0.05, 0) is 56.0 Å². The lowest BCUT2D eigenvalue weighted by molar-refractivity contribution is -0.122. The molecule has 2 N–H and O–H groups in total. The summed E-state index contributed by atoms with van der Waals surface area (Å²) < 4.78 is 5.39. The highest BCUT2D eigenvalue weighted by atomic mass is 32.2. The van der Waals surface area contributed by atoms with Gasteiger partial charge in [0.05, 0.1) is 12.3 Å². The van der Waals surface area contributed by atoms with E-state index in [4.69, 9.17) is 4.74 Å². The number of ether oxygens (including phenoxy) is 1. The Bertz CT molecular complexity index is 1030. The van der Waals surface area contributed by atoms with E-state index in [0.29, 0.717) is 17.5 Å². The van der Waals surface area contributed by atoms with Crippen molar-refractivity contribution in [3.05, 3.63) is 59.7 Å². The molecule has 2 aliphatic rings. The van der Waals surface area contributed by atoms with Crippen LogP contribution in [0.25, 0.3) is 0 Å². The summed E-state index contributed by atoms with van der Waals surface area (Å²) in [5, 5.41) is 14.1. The first-order valence-corrected chi connectivity index (χ1v) is 11.2. The molecule has 2 aromatic rings. The Morgan fingerprint density at radius 1 is 1.16 bits per heavy atom. The van der Waals surface area contributed by atoms with E-state index in [0.717, 1.165) is 36.3 Å². The van der Waals surface area contributed by atoms with Gasteiger partial charge in [0.2, 0.25) is 11.8 Å². The second kappa shape index (κ2) is 9.78. The van der Waals surface area contributed by atoms with Gasteiger partial charge < -0.3 is 15.4 Å². The number of carbonyl (C=O) groups excluding carboxylic acids is 2. The fourth-order valence-electron chi connectivity index (χ4n) is 3.58. The van der Waals surface area contributed by atoms with Crippen LogP contribution in [0.15, 0.2) is 58.7 Å². The van der Waals surface area contributed by atoms with Crippen LogP contribution in [0.5, 0.6) is 5.75 Å². The Morgan fingerprint density at radius 3 is 2.77 bits per heavy atom. The van der Waals surface area contributed by atoms with Crippen molar-refractivity contribution in [2.24, 2.45) is 10.2 Å². The topological polar surface area (TPSA) is 92.2 Å².